The minimum absolute atomic E-state index is 0.00613. The SMILES string of the molecule is NCC#Cc1cccc(OCCCOCC(F)(F)F)c1. The summed E-state index contributed by atoms with van der Waals surface area (Å²) in [7, 11) is 0. The summed E-state index contributed by atoms with van der Waals surface area (Å²) >= 11 is 0. The summed E-state index contributed by atoms with van der Waals surface area (Å²) in [4.78, 5) is 0. The molecule has 0 aliphatic rings. The molecular weight excluding hydrogens is 271 g/mol. The largest absolute Gasteiger partial charge is 0.493 e. The van der Waals surface area contributed by atoms with Crippen LogP contribution in [0, 0.1) is 11.8 Å². The van der Waals surface area contributed by atoms with Crippen molar-refractivity contribution in [3.05, 3.63) is 29.8 Å². The molecule has 0 aliphatic carbocycles. The number of hydrogen-bond acceptors (Lipinski definition) is 3. The first-order valence-electron chi connectivity index (χ1n) is 6.07. The fourth-order valence-electron chi connectivity index (χ4n) is 1.36. The minimum Gasteiger partial charge on any atom is -0.493 e. The molecule has 0 saturated carbocycles. The van der Waals surface area contributed by atoms with Crippen molar-refractivity contribution in [2.24, 2.45) is 5.73 Å². The van der Waals surface area contributed by atoms with Gasteiger partial charge in [0.1, 0.15) is 12.4 Å². The van der Waals surface area contributed by atoms with E-state index in [0.29, 0.717) is 12.2 Å². The Kier molecular flexibility index (Phi) is 6.91. The van der Waals surface area contributed by atoms with Crippen molar-refractivity contribution < 1.29 is 22.6 Å². The summed E-state index contributed by atoms with van der Waals surface area (Å²) in [5.74, 6) is 6.21. The zero-order chi connectivity index (χ0) is 14.8. The molecule has 0 unspecified atom stereocenters. The van der Waals surface area contributed by atoms with E-state index < -0.39 is 12.8 Å². The number of halogens is 3. The minimum atomic E-state index is -4.28. The standard InChI is InChI=1S/C14H16F3NO2/c15-14(16,17)11-19-8-3-9-20-13-6-1-4-12(10-13)5-2-7-18/h1,4,6,10H,3,7-9,11,18H2. The van der Waals surface area contributed by atoms with Crippen molar-refractivity contribution in [1.29, 1.82) is 0 Å². The van der Waals surface area contributed by atoms with Crippen LogP contribution in [0.2, 0.25) is 0 Å². The van der Waals surface area contributed by atoms with Gasteiger partial charge in [-0.3, -0.25) is 0 Å². The van der Waals surface area contributed by atoms with Crippen LogP contribution in [0.25, 0.3) is 0 Å². The number of nitrogens with two attached hydrogens (primary N) is 1. The highest BCUT2D eigenvalue weighted by atomic mass is 19.4. The van der Waals surface area contributed by atoms with E-state index in [4.69, 9.17) is 10.5 Å². The third kappa shape index (κ3) is 7.67. The number of ether oxygens (including phenoxy) is 2. The molecular formula is C14H16F3NO2. The quantitative estimate of drug-likeness (QED) is 0.645. The van der Waals surface area contributed by atoms with Gasteiger partial charge in [-0.25, -0.2) is 0 Å². The Morgan fingerprint density at radius 1 is 1.20 bits per heavy atom. The van der Waals surface area contributed by atoms with Crippen molar-refractivity contribution in [1.82, 2.24) is 0 Å². The second kappa shape index (κ2) is 8.46. The Balaban J connectivity index is 2.25. The number of benzene rings is 1. The smallest absolute Gasteiger partial charge is 0.411 e. The molecule has 20 heavy (non-hydrogen) atoms. The molecule has 0 aromatic heterocycles. The van der Waals surface area contributed by atoms with Crippen LogP contribution < -0.4 is 10.5 Å². The maximum Gasteiger partial charge on any atom is 0.411 e. The van der Waals surface area contributed by atoms with Crippen LogP contribution >= 0.6 is 0 Å². The molecule has 0 heterocycles. The summed E-state index contributed by atoms with van der Waals surface area (Å²) in [6.07, 6.45) is -3.90. The third-order valence-electron chi connectivity index (χ3n) is 2.14. The first kappa shape index (κ1) is 16.3. The monoisotopic (exact) mass is 287 g/mol. The lowest BCUT2D eigenvalue weighted by molar-refractivity contribution is -0.174. The highest BCUT2D eigenvalue weighted by molar-refractivity contribution is 5.39. The van der Waals surface area contributed by atoms with Gasteiger partial charge in [0.15, 0.2) is 0 Å². The highest BCUT2D eigenvalue weighted by Gasteiger charge is 2.27. The van der Waals surface area contributed by atoms with E-state index in [9.17, 15) is 13.2 Å². The van der Waals surface area contributed by atoms with Gasteiger partial charge in [0.2, 0.25) is 0 Å². The van der Waals surface area contributed by atoms with Gasteiger partial charge in [-0.2, -0.15) is 13.2 Å². The van der Waals surface area contributed by atoms with E-state index in [1.165, 1.54) is 0 Å². The van der Waals surface area contributed by atoms with Crippen molar-refractivity contribution in [2.45, 2.75) is 12.6 Å². The molecule has 3 nitrogen and oxygen atoms in total. The van der Waals surface area contributed by atoms with Crippen LogP contribution in [-0.4, -0.2) is 32.5 Å². The predicted octanol–water partition coefficient (Wildman–Crippen LogP) is 2.34. The van der Waals surface area contributed by atoms with Crippen molar-refractivity contribution >= 4 is 0 Å². The average Bonchev–Trinajstić information content (AvgIpc) is 2.40. The third-order valence-corrected chi connectivity index (χ3v) is 2.14. The van der Waals surface area contributed by atoms with Gasteiger partial charge >= 0.3 is 6.18 Å². The molecule has 1 rings (SSSR count). The van der Waals surface area contributed by atoms with Gasteiger partial charge in [0, 0.05) is 12.0 Å². The van der Waals surface area contributed by atoms with E-state index in [1.54, 1.807) is 18.2 Å². The summed E-state index contributed by atoms with van der Waals surface area (Å²) in [6, 6.07) is 7.11. The summed E-state index contributed by atoms with van der Waals surface area (Å²) in [5.41, 5.74) is 6.05. The van der Waals surface area contributed by atoms with Crippen molar-refractivity contribution in [3.8, 4) is 17.6 Å². The molecule has 0 amide bonds. The van der Waals surface area contributed by atoms with Gasteiger partial charge in [-0.05, 0) is 18.2 Å². The lowest BCUT2D eigenvalue weighted by Gasteiger charge is -2.08. The molecule has 0 aliphatic heterocycles. The Morgan fingerprint density at radius 2 is 2.00 bits per heavy atom. The van der Waals surface area contributed by atoms with E-state index in [1.807, 2.05) is 6.07 Å². The number of alkyl halides is 3. The average molecular weight is 287 g/mol. The summed E-state index contributed by atoms with van der Waals surface area (Å²) < 4.78 is 45.3. The van der Waals surface area contributed by atoms with Crippen molar-refractivity contribution in [2.75, 3.05) is 26.4 Å². The Morgan fingerprint density at radius 3 is 2.70 bits per heavy atom. The zero-order valence-electron chi connectivity index (χ0n) is 10.9. The molecule has 0 atom stereocenters. The summed E-state index contributed by atoms with van der Waals surface area (Å²) in [6.45, 7) is -0.656. The molecule has 6 heteroatoms. The lowest BCUT2D eigenvalue weighted by Crippen LogP contribution is -2.18. The first-order valence-corrected chi connectivity index (χ1v) is 6.07. The highest BCUT2D eigenvalue weighted by Crippen LogP contribution is 2.15. The van der Waals surface area contributed by atoms with Gasteiger partial charge in [-0.1, -0.05) is 17.9 Å². The molecule has 0 radical (unpaired) electrons. The topological polar surface area (TPSA) is 44.5 Å². The molecule has 0 bridgehead atoms. The van der Waals surface area contributed by atoms with Crippen LogP contribution in [0.5, 0.6) is 5.75 Å². The first-order chi connectivity index (χ1) is 9.51. The molecule has 2 N–H and O–H groups in total. The van der Waals surface area contributed by atoms with Crippen LogP contribution in [0.15, 0.2) is 24.3 Å². The molecule has 0 spiro atoms. The van der Waals surface area contributed by atoms with Crippen LogP contribution in [0.3, 0.4) is 0 Å². The van der Waals surface area contributed by atoms with Crippen LogP contribution in [0.4, 0.5) is 13.2 Å². The zero-order valence-corrected chi connectivity index (χ0v) is 10.9. The van der Waals surface area contributed by atoms with Gasteiger partial charge in [0.05, 0.1) is 19.8 Å². The normalized spacial score (nSPS) is 10.8. The maximum absolute atomic E-state index is 11.8. The van der Waals surface area contributed by atoms with Gasteiger partial charge < -0.3 is 15.2 Å². The predicted molar refractivity (Wildman–Crippen MR) is 69.4 cm³/mol. The Labute approximate surface area is 115 Å². The van der Waals surface area contributed by atoms with Gasteiger partial charge in [-0.15, -0.1) is 0 Å². The second-order valence-corrected chi connectivity index (χ2v) is 3.90. The van der Waals surface area contributed by atoms with Crippen LogP contribution in [-0.2, 0) is 4.74 Å². The fraction of sp³-hybridized carbons (Fsp3) is 0.429. The Bertz CT molecular complexity index is 463. The molecule has 1 aromatic carbocycles. The lowest BCUT2D eigenvalue weighted by atomic mass is 10.2. The molecule has 1 aromatic rings. The number of hydrogen-bond donors (Lipinski definition) is 1. The maximum atomic E-state index is 11.8. The second-order valence-electron chi connectivity index (χ2n) is 3.90. The molecule has 0 saturated heterocycles. The van der Waals surface area contributed by atoms with Crippen molar-refractivity contribution in [3.63, 3.8) is 0 Å². The molecule has 110 valence electrons. The fourth-order valence-corrected chi connectivity index (χ4v) is 1.36. The Hall–Kier alpha value is -1.71. The van der Waals surface area contributed by atoms with E-state index in [0.717, 1.165) is 5.56 Å². The van der Waals surface area contributed by atoms with Gasteiger partial charge in [0.25, 0.3) is 0 Å². The van der Waals surface area contributed by atoms with E-state index in [2.05, 4.69) is 16.6 Å². The van der Waals surface area contributed by atoms with E-state index in [-0.39, 0.29) is 19.8 Å². The number of rotatable bonds is 6. The summed E-state index contributed by atoms with van der Waals surface area (Å²) in [5, 5.41) is 0. The van der Waals surface area contributed by atoms with Crippen LogP contribution in [0.1, 0.15) is 12.0 Å². The van der Waals surface area contributed by atoms with E-state index >= 15 is 0 Å². The molecule has 0 fully saturated rings.